The van der Waals surface area contributed by atoms with Crippen molar-refractivity contribution in [3.05, 3.63) is 61.5 Å². The van der Waals surface area contributed by atoms with Crippen molar-refractivity contribution in [1.82, 2.24) is 15.6 Å². The van der Waals surface area contributed by atoms with Crippen LogP contribution in [0.5, 0.6) is 0 Å². The Bertz CT molecular complexity index is 1040. The maximum atomic E-state index is 11.4. The van der Waals surface area contributed by atoms with E-state index in [9.17, 15) is 9.59 Å². The highest BCUT2D eigenvalue weighted by Crippen LogP contribution is 2.32. The number of anilines is 1. The summed E-state index contributed by atoms with van der Waals surface area (Å²) in [5.41, 5.74) is 5.68. The minimum atomic E-state index is 0.0156. The number of nitrogens with zero attached hydrogens (tertiary/aromatic N) is 1. The first kappa shape index (κ1) is 31.1. The van der Waals surface area contributed by atoms with Crippen molar-refractivity contribution in [2.45, 2.75) is 85.2 Å². The standard InChI is InChI=1S/C16H22ClNO.C9H14N2O.C5H11N/c1-3-18(15-7-5-4-6-8-15)16-10-14(17)9-13(11-19)12(16)2;1-6-4-7(2)11-9(12)8(6)5-10-3;1-6-4-5-2-3-5/h9-11,15H,3-8H2,1-2H3;4,10H,5H2,1-3H3,(H,11,12);5-6H,2-4H2,1H3. The van der Waals surface area contributed by atoms with Crippen LogP contribution in [0.4, 0.5) is 5.69 Å². The SMILES string of the molecule is CCN(c1cc(Cl)cc(C=O)c1C)C1CCCCC1.CNCC1CC1.CNCc1c(C)cc(C)[nH]c1=O. The van der Waals surface area contributed by atoms with E-state index in [1.807, 2.05) is 47.0 Å². The van der Waals surface area contributed by atoms with Crippen LogP contribution in [0.1, 0.15) is 84.6 Å². The molecule has 2 aliphatic carbocycles. The van der Waals surface area contributed by atoms with Crippen LogP contribution in [0.2, 0.25) is 5.02 Å². The molecule has 1 aromatic carbocycles. The number of carbonyl (C=O) groups is 1. The first-order valence-corrected chi connectivity index (χ1v) is 14.1. The van der Waals surface area contributed by atoms with Crippen LogP contribution < -0.4 is 21.1 Å². The van der Waals surface area contributed by atoms with Crippen molar-refractivity contribution < 1.29 is 4.79 Å². The number of pyridine rings is 1. The summed E-state index contributed by atoms with van der Waals surface area (Å²) in [6, 6.07) is 6.33. The van der Waals surface area contributed by atoms with Gasteiger partial charge < -0.3 is 20.5 Å². The summed E-state index contributed by atoms with van der Waals surface area (Å²) in [7, 11) is 3.84. The molecule has 37 heavy (non-hydrogen) atoms. The molecule has 0 aliphatic heterocycles. The number of hydrogen-bond acceptors (Lipinski definition) is 5. The molecule has 0 unspecified atom stereocenters. The lowest BCUT2D eigenvalue weighted by atomic mass is 9.93. The molecule has 2 saturated carbocycles. The normalized spacial score (nSPS) is 15.2. The summed E-state index contributed by atoms with van der Waals surface area (Å²) in [4.78, 5) is 27.7. The lowest BCUT2D eigenvalue weighted by molar-refractivity contribution is 0.112. The van der Waals surface area contributed by atoms with Gasteiger partial charge in [-0.3, -0.25) is 9.59 Å². The molecular weight excluding hydrogens is 484 g/mol. The van der Waals surface area contributed by atoms with E-state index >= 15 is 0 Å². The zero-order valence-corrected chi connectivity index (χ0v) is 24.4. The zero-order chi connectivity index (χ0) is 27.4. The van der Waals surface area contributed by atoms with Crippen molar-refractivity contribution >= 4 is 23.6 Å². The van der Waals surface area contributed by atoms with Gasteiger partial charge >= 0.3 is 0 Å². The molecule has 0 bridgehead atoms. The number of carbonyl (C=O) groups excluding carboxylic acids is 1. The Morgan fingerprint density at radius 1 is 1.03 bits per heavy atom. The van der Waals surface area contributed by atoms with Crippen LogP contribution >= 0.6 is 11.6 Å². The molecule has 7 heteroatoms. The van der Waals surface area contributed by atoms with Gasteiger partial charge in [-0.25, -0.2) is 0 Å². The average Bonchev–Trinajstić information content (AvgIpc) is 3.70. The summed E-state index contributed by atoms with van der Waals surface area (Å²) >= 11 is 6.16. The third kappa shape index (κ3) is 9.91. The van der Waals surface area contributed by atoms with Gasteiger partial charge in [-0.1, -0.05) is 30.9 Å². The Morgan fingerprint density at radius 3 is 2.19 bits per heavy atom. The highest BCUT2D eigenvalue weighted by atomic mass is 35.5. The molecule has 2 aliphatic rings. The number of aromatic nitrogens is 1. The number of hydrogen-bond donors (Lipinski definition) is 3. The van der Waals surface area contributed by atoms with Gasteiger partial charge in [0, 0.05) is 46.7 Å². The van der Waals surface area contributed by atoms with E-state index in [1.54, 1.807) is 6.07 Å². The molecule has 0 saturated heterocycles. The van der Waals surface area contributed by atoms with Crippen molar-refractivity contribution in [2.75, 3.05) is 32.1 Å². The fourth-order valence-corrected chi connectivity index (χ4v) is 5.23. The lowest BCUT2D eigenvalue weighted by Crippen LogP contribution is -2.37. The van der Waals surface area contributed by atoms with E-state index in [-0.39, 0.29) is 5.56 Å². The summed E-state index contributed by atoms with van der Waals surface area (Å²) in [5.74, 6) is 1.04. The number of aldehydes is 1. The fraction of sp³-hybridized carbons (Fsp3) is 0.600. The first-order valence-electron chi connectivity index (χ1n) is 13.8. The van der Waals surface area contributed by atoms with Gasteiger partial charge in [0.05, 0.1) is 0 Å². The molecule has 0 radical (unpaired) electrons. The Labute approximate surface area is 228 Å². The van der Waals surface area contributed by atoms with E-state index in [1.165, 1.54) is 51.5 Å². The maximum absolute atomic E-state index is 11.4. The predicted octanol–water partition coefficient (Wildman–Crippen LogP) is 5.95. The molecule has 206 valence electrons. The van der Waals surface area contributed by atoms with E-state index in [2.05, 4.69) is 27.4 Å². The molecule has 1 heterocycles. The molecule has 1 aromatic heterocycles. The zero-order valence-electron chi connectivity index (χ0n) is 23.7. The van der Waals surface area contributed by atoms with Gasteiger partial charge in [-0.2, -0.15) is 0 Å². The van der Waals surface area contributed by atoms with Gasteiger partial charge in [0.2, 0.25) is 0 Å². The minimum Gasteiger partial charge on any atom is -0.369 e. The number of rotatable bonds is 8. The largest absolute Gasteiger partial charge is 0.369 e. The van der Waals surface area contributed by atoms with Gasteiger partial charge in [0.15, 0.2) is 0 Å². The molecular formula is C30H47ClN4O2. The summed E-state index contributed by atoms with van der Waals surface area (Å²) in [6.07, 6.45) is 10.3. The molecule has 2 aromatic rings. The quantitative estimate of drug-likeness (QED) is 0.368. The molecule has 0 amide bonds. The van der Waals surface area contributed by atoms with Crippen molar-refractivity contribution in [2.24, 2.45) is 5.92 Å². The molecule has 0 spiro atoms. The fourth-order valence-electron chi connectivity index (χ4n) is 5.01. The Morgan fingerprint density at radius 2 is 1.70 bits per heavy atom. The van der Waals surface area contributed by atoms with Gasteiger partial charge in [0.25, 0.3) is 5.56 Å². The van der Waals surface area contributed by atoms with E-state index in [0.29, 0.717) is 23.2 Å². The van der Waals surface area contributed by atoms with Crippen LogP contribution in [0, 0.1) is 26.7 Å². The average molecular weight is 531 g/mol. The first-order chi connectivity index (χ1) is 17.7. The highest BCUT2D eigenvalue weighted by Gasteiger charge is 2.22. The molecule has 6 nitrogen and oxygen atoms in total. The smallest absolute Gasteiger partial charge is 0.252 e. The second kappa shape index (κ2) is 16.0. The second-order valence-electron chi connectivity index (χ2n) is 10.3. The number of benzene rings is 1. The lowest BCUT2D eigenvalue weighted by Gasteiger charge is -2.36. The van der Waals surface area contributed by atoms with Crippen molar-refractivity contribution in [3.8, 4) is 0 Å². The number of H-pyrrole nitrogens is 1. The van der Waals surface area contributed by atoms with Crippen LogP contribution in [-0.4, -0.2) is 44.5 Å². The number of halogens is 1. The highest BCUT2D eigenvalue weighted by molar-refractivity contribution is 6.31. The number of aromatic amines is 1. The minimum absolute atomic E-state index is 0.0156. The molecule has 2 fully saturated rings. The number of aryl methyl sites for hydroxylation is 2. The van der Waals surface area contributed by atoms with E-state index < -0.39 is 0 Å². The van der Waals surface area contributed by atoms with Crippen molar-refractivity contribution in [1.29, 1.82) is 0 Å². The van der Waals surface area contributed by atoms with Gasteiger partial charge in [0.1, 0.15) is 6.29 Å². The summed E-state index contributed by atoms with van der Waals surface area (Å²) < 4.78 is 0. The van der Waals surface area contributed by atoms with Gasteiger partial charge in [-0.15, -0.1) is 0 Å². The van der Waals surface area contributed by atoms with Gasteiger partial charge in [-0.05, 0) is 109 Å². The summed E-state index contributed by atoms with van der Waals surface area (Å²) in [6.45, 7) is 10.9. The van der Waals surface area contributed by atoms with Crippen LogP contribution in [0.25, 0.3) is 0 Å². The number of nitrogens with one attached hydrogen (secondary N) is 3. The Balaban J connectivity index is 0.000000226. The molecule has 0 atom stereocenters. The van der Waals surface area contributed by atoms with E-state index in [4.69, 9.17) is 11.6 Å². The third-order valence-electron chi connectivity index (χ3n) is 7.21. The van der Waals surface area contributed by atoms with Crippen LogP contribution in [-0.2, 0) is 6.54 Å². The Kier molecular flexibility index (Phi) is 13.4. The van der Waals surface area contributed by atoms with Crippen molar-refractivity contribution in [3.63, 3.8) is 0 Å². The monoisotopic (exact) mass is 530 g/mol. The Hall–Kier alpha value is -2.15. The van der Waals surface area contributed by atoms with Crippen LogP contribution in [0.3, 0.4) is 0 Å². The topological polar surface area (TPSA) is 77.2 Å². The molecule has 4 rings (SSSR count). The molecule has 3 N–H and O–H groups in total. The van der Waals surface area contributed by atoms with Crippen LogP contribution in [0.15, 0.2) is 23.0 Å². The second-order valence-corrected chi connectivity index (χ2v) is 10.7. The third-order valence-corrected chi connectivity index (χ3v) is 7.43. The predicted molar refractivity (Wildman–Crippen MR) is 157 cm³/mol. The maximum Gasteiger partial charge on any atom is 0.252 e. The summed E-state index contributed by atoms with van der Waals surface area (Å²) in [5, 5.41) is 6.74. The van der Waals surface area contributed by atoms with E-state index in [0.717, 1.165) is 46.8 Å².